The van der Waals surface area contributed by atoms with E-state index < -0.39 is 30.0 Å². The van der Waals surface area contributed by atoms with Gasteiger partial charge in [-0.15, -0.1) is 13.2 Å². The first kappa shape index (κ1) is 14.9. The Labute approximate surface area is 107 Å². The molecule has 0 saturated carbocycles. The van der Waals surface area contributed by atoms with Gasteiger partial charge in [0, 0.05) is 22.7 Å². The second-order valence-corrected chi connectivity index (χ2v) is 3.57. The van der Waals surface area contributed by atoms with E-state index in [0.29, 0.717) is 0 Å². The smallest absolute Gasteiger partial charge is 0.478 e. The van der Waals surface area contributed by atoms with Gasteiger partial charge in [-0.2, -0.15) is 0 Å². The van der Waals surface area contributed by atoms with Gasteiger partial charge < -0.3 is 9.47 Å². The number of rotatable bonds is 4. The second-order valence-electron chi connectivity index (χ2n) is 3.01. The van der Waals surface area contributed by atoms with Crippen LogP contribution in [0.25, 0.3) is 0 Å². The van der Waals surface area contributed by atoms with E-state index in [2.05, 4.69) is 30.4 Å². The van der Waals surface area contributed by atoms with Crippen LogP contribution < -0.4 is 9.47 Å². The maximum atomic E-state index is 12.6. The van der Waals surface area contributed by atoms with Crippen molar-refractivity contribution in [2.24, 2.45) is 0 Å². The minimum atomic E-state index is -5.02. The lowest BCUT2D eigenvalue weighted by atomic mass is 10.1. The fourth-order valence-corrected chi connectivity index (χ4v) is 1.80. The molecule has 0 atom stereocenters. The number of hydrogen-bond donors (Lipinski definition) is 0. The summed E-state index contributed by atoms with van der Waals surface area (Å²) < 4.78 is 70.1. The average Bonchev–Trinajstić information content (AvgIpc) is 2.26. The second kappa shape index (κ2) is 5.68. The number of ether oxygens (including phenoxy) is 2. The van der Waals surface area contributed by atoms with Gasteiger partial charge >= 0.3 is 6.36 Å². The van der Waals surface area contributed by atoms with E-state index in [1.54, 1.807) is 0 Å². The zero-order valence-corrected chi connectivity index (χ0v) is 10.5. The van der Waals surface area contributed by atoms with E-state index in [4.69, 9.17) is 0 Å². The van der Waals surface area contributed by atoms with E-state index in [0.717, 1.165) is 13.3 Å². The highest BCUT2D eigenvalue weighted by Crippen LogP contribution is 2.39. The Morgan fingerprint density at radius 2 is 2.00 bits per heavy atom. The molecule has 0 spiro atoms. The quantitative estimate of drug-likeness (QED) is 0.619. The molecule has 9 heteroatoms. The SMILES string of the molecule is COc1ncc(C(F)F)c(CBr)c1OC(F)(F)F. The number of halogens is 6. The Morgan fingerprint density at radius 3 is 2.39 bits per heavy atom. The molecular formula is C9H7BrF5NO2. The lowest BCUT2D eigenvalue weighted by molar-refractivity contribution is -0.275. The van der Waals surface area contributed by atoms with Crippen LogP contribution in [-0.2, 0) is 5.33 Å². The molecule has 0 N–H and O–H groups in total. The molecule has 102 valence electrons. The highest BCUT2D eigenvalue weighted by molar-refractivity contribution is 9.08. The first-order valence-electron chi connectivity index (χ1n) is 4.45. The third-order valence-electron chi connectivity index (χ3n) is 1.92. The van der Waals surface area contributed by atoms with Crippen molar-refractivity contribution in [1.29, 1.82) is 0 Å². The largest absolute Gasteiger partial charge is 0.573 e. The van der Waals surface area contributed by atoms with E-state index >= 15 is 0 Å². The van der Waals surface area contributed by atoms with Gasteiger partial charge in [-0.1, -0.05) is 15.9 Å². The molecule has 0 aliphatic heterocycles. The summed E-state index contributed by atoms with van der Waals surface area (Å²) in [7, 11) is 1.06. The van der Waals surface area contributed by atoms with Crippen molar-refractivity contribution in [3.63, 3.8) is 0 Å². The number of pyridine rings is 1. The lowest BCUT2D eigenvalue weighted by Crippen LogP contribution is -2.19. The van der Waals surface area contributed by atoms with Crippen LogP contribution in [-0.4, -0.2) is 18.5 Å². The molecule has 1 aromatic heterocycles. The molecule has 1 rings (SSSR count). The molecule has 0 unspecified atom stereocenters. The van der Waals surface area contributed by atoms with Gasteiger partial charge in [-0.25, -0.2) is 13.8 Å². The number of hydrogen-bond acceptors (Lipinski definition) is 3. The normalized spacial score (nSPS) is 11.8. The highest BCUT2D eigenvalue weighted by Gasteiger charge is 2.35. The Morgan fingerprint density at radius 1 is 1.39 bits per heavy atom. The summed E-state index contributed by atoms with van der Waals surface area (Å²) in [6, 6.07) is 0. The van der Waals surface area contributed by atoms with Crippen molar-refractivity contribution in [1.82, 2.24) is 4.98 Å². The zero-order valence-electron chi connectivity index (χ0n) is 8.89. The fourth-order valence-electron chi connectivity index (χ4n) is 1.22. The summed E-state index contributed by atoms with van der Waals surface area (Å²) >= 11 is 2.83. The molecule has 3 nitrogen and oxygen atoms in total. The predicted molar refractivity (Wildman–Crippen MR) is 55.1 cm³/mol. The van der Waals surface area contributed by atoms with Crippen molar-refractivity contribution in [2.45, 2.75) is 18.1 Å². The van der Waals surface area contributed by atoms with Gasteiger partial charge in [0.25, 0.3) is 12.3 Å². The topological polar surface area (TPSA) is 31.4 Å². The van der Waals surface area contributed by atoms with Crippen molar-refractivity contribution < 1.29 is 31.4 Å². The van der Waals surface area contributed by atoms with Gasteiger partial charge in [-0.3, -0.25) is 0 Å². The number of aromatic nitrogens is 1. The van der Waals surface area contributed by atoms with Crippen LogP contribution in [0.15, 0.2) is 6.20 Å². The third-order valence-corrected chi connectivity index (χ3v) is 2.48. The fraction of sp³-hybridized carbons (Fsp3) is 0.444. The van der Waals surface area contributed by atoms with Gasteiger partial charge in [-0.05, 0) is 0 Å². The van der Waals surface area contributed by atoms with Crippen LogP contribution in [0.1, 0.15) is 17.6 Å². The molecule has 0 radical (unpaired) electrons. The predicted octanol–water partition coefficient (Wildman–Crippen LogP) is 3.82. The van der Waals surface area contributed by atoms with Crippen molar-refractivity contribution in [2.75, 3.05) is 7.11 Å². The average molecular weight is 336 g/mol. The monoisotopic (exact) mass is 335 g/mol. The van der Waals surface area contributed by atoms with Crippen molar-refractivity contribution >= 4 is 15.9 Å². The molecule has 1 aromatic rings. The summed E-state index contributed by atoms with van der Waals surface area (Å²) in [5.74, 6) is -1.37. The molecule has 0 amide bonds. The molecule has 0 bridgehead atoms. The molecule has 18 heavy (non-hydrogen) atoms. The van der Waals surface area contributed by atoms with Crippen LogP contribution in [0.3, 0.4) is 0 Å². The third kappa shape index (κ3) is 3.44. The summed E-state index contributed by atoms with van der Waals surface area (Å²) in [5, 5.41) is -0.253. The molecule has 0 aliphatic rings. The van der Waals surface area contributed by atoms with Crippen molar-refractivity contribution in [3.8, 4) is 11.6 Å². The van der Waals surface area contributed by atoms with Gasteiger partial charge in [0.15, 0.2) is 5.75 Å². The minimum Gasteiger partial charge on any atom is -0.478 e. The van der Waals surface area contributed by atoms with Gasteiger partial charge in [0.2, 0.25) is 0 Å². The first-order chi connectivity index (χ1) is 8.30. The van der Waals surface area contributed by atoms with Crippen LogP contribution in [0.2, 0.25) is 0 Å². The number of nitrogens with zero attached hydrogens (tertiary/aromatic N) is 1. The molecule has 0 fully saturated rings. The maximum absolute atomic E-state index is 12.6. The minimum absolute atomic E-state index is 0.253. The molecular weight excluding hydrogens is 329 g/mol. The van der Waals surface area contributed by atoms with Crippen LogP contribution in [0.5, 0.6) is 11.6 Å². The molecule has 0 saturated heterocycles. The zero-order chi connectivity index (χ0) is 13.9. The number of methoxy groups -OCH3 is 1. The Balaban J connectivity index is 3.37. The van der Waals surface area contributed by atoms with Crippen LogP contribution in [0, 0.1) is 0 Å². The van der Waals surface area contributed by atoms with Crippen LogP contribution in [0.4, 0.5) is 22.0 Å². The summed E-state index contributed by atoms with van der Waals surface area (Å²) in [6.07, 6.45) is -7.23. The summed E-state index contributed by atoms with van der Waals surface area (Å²) in [5.41, 5.74) is -0.999. The van der Waals surface area contributed by atoms with E-state index in [9.17, 15) is 22.0 Å². The highest BCUT2D eigenvalue weighted by atomic mass is 79.9. The Hall–Kier alpha value is -1.12. The standard InChI is InChI=1S/C9H7BrF5NO2/c1-17-8-6(18-9(13,14)15)4(2-10)5(3-16-8)7(11)12/h3,7H,2H2,1H3. The van der Waals surface area contributed by atoms with Gasteiger partial charge in [0.05, 0.1) is 7.11 Å². The summed E-state index contributed by atoms with van der Waals surface area (Å²) in [4.78, 5) is 3.36. The Kier molecular flexibility index (Phi) is 4.71. The first-order valence-corrected chi connectivity index (χ1v) is 5.58. The maximum Gasteiger partial charge on any atom is 0.573 e. The van der Waals surface area contributed by atoms with E-state index in [1.807, 2.05) is 0 Å². The molecule has 1 heterocycles. The van der Waals surface area contributed by atoms with Crippen molar-refractivity contribution in [3.05, 3.63) is 17.3 Å². The number of alkyl halides is 6. The molecule has 0 aliphatic carbocycles. The van der Waals surface area contributed by atoms with Crippen LogP contribution >= 0.6 is 15.9 Å². The Bertz CT molecular complexity index is 424. The van der Waals surface area contributed by atoms with E-state index in [-0.39, 0.29) is 10.9 Å². The molecule has 0 aromatic carbocycles. The summed E-state index contributed by atoms with van der Waals surface area (Å²) in [6.45, 7) is 0. The van der Waals surface area contributed by atoms with Gasteiger partial charge in [0.1, 0.15) is 0 Å². The lowest BCUT2D eigenvalue weighted by Gasteiger charge is -2.17. The van der Waals surface area contributed by atoms with E-state index in [1.165, 1.54) is 0 Å².